The molecule has 1 heterocycles. The molecule has 2 nitrogen and oxygen atoms in total. The Balaban J connectivity index is 2.54. The number of benzene rings is 1. The lowest BCUT2D eigenvalue weighted by Gasteiger charge is -2.09. The van der Waals surface area contributed by atoms with Gasteiger partial charge in [0.05, 0.1) is 11.8 Å². The van der Waals surface area contributed by atoms with Gasteiger partial charge in [-0.1, -0.05) is 26.0 Å². The number of nitrogens with zero attached hydrogens (tertiary/aromatic N) is 1. The first-order valence-electron chi connectivity index (χ1n) is 5.31. The van der Waals surface area contributed by atoms with Crippen molar-refractivity contribution >= 4 is 0 Å². The molecular formula is C13H14FNO. The van der Waals surface area contributed by atoms with Crippen LogP contribution < -0.4 is 0 Å². The number of hydrogen-bond acceptors (Lipinski definition) is 2. The minimum atomic E-state index is -0.214. The van der Waals surface area contributed by atoms with Gasteiger partial charge in [-0.05, 0) is 17.5 Å². The van der Waals surface area contributed by atoms with E-state index in [-0.39, 0.29) is 11.7 Å². The molecule has 0 bridgehead atoms. The maximum atomic E-state index is 14.1. The molecule has 84 valence electrons. The normalized spacial score (nSPS) is 11.1. The molecule has 0 aliphatic rings. The predicted octanol–water partition coefficient (Wildman–Crippen LogP) is 3.91. The monoisotopic (exact) mass is 219 g/mol. The van der Waals surface area contributed by atoms with Gasteiger partial charge < -0.3 is 4.42 Å². The third kappa shape index (κ3) is 1.85. The summed E-state index contributed by atoms with van der Waals surface area (Å²) in [5.74, 6) is 0.972. The van der Waals surface area contributed by atoms with Crippen molar-refractivity contribution < 1.29 is 8.81 Å². The zero-order valence-corrected chi connectivity index (χ0v) is 9.62. The first-order valence-corrected chi connectivity index (χ1v) is 5.31. The lowest BCUT2D eigenvalue weighted by Crippen LogP contribution is -1.94. The van der Waals surface area contributed by atoms with Gasteiger partial charge in [0.25, 0.3) is 0 Å². The molecule has 1 aromatic heterocycles. The molecule has 2 rings (SSSR count). The minimum Gasteiger partial charge on any atom is -0.441 e. The molecule has 0 atom stereocenters. The van der Waals surface area contributed by atoms with Gasteiger partial charge in [-0.2, -0.15) is 0 Å². The van der Waals surface area contributed by atoms with Crippen molar-refractivity contribution in [3.05, 3.63) is 41.7 Å². The Morgan fingerprint density at radius 3 is 2.62 bits per heavy atom. The topological polar surface area (TPSA) is 26.0 Å². The van der Waals surface area contributed by atoms with Crippen molar-refractivity contribution in [1.29, 1.82) is 0 Å². The van der Waals surface area contributed by atoms with Gasteiger partial charge in [-0.15, -0.1) is 0 Å². The molecule has 0 N–H and O–H groups in total. The summed E-state index contributed by atoms with van der Waals surface area (Å²) < 4.78 is 19.5. The quantitative estimate of drug-likeness (QED) is 0.765. The van der Waals surface area contributed by atoms with Crippen LogP contribution in [0, 0.1) is 12.7 Å². The fourth-order valence-electron chi connectivity index (χ4n) is 1.67. The van der Waals surface area contributed by atoms with E-state index in [0.717, 1.165) is 0 Å². The van der Waals surface area contributed by atoms with Gasteiger partial charge in [-0.25, -0.2) is 9.37 Å². The summed E-state index contributed by atoms with van der Waals surface area (Å²) in [6, 6.07) is 5.35. The first kappa shape index (κ1) is 10.9. The molecule has 1 aromatic carbocycles. The van der Waals surface area contributed by atoms with Gasteiger partial charge >= 0.3 is 0 Å². The summed E-state index contributed by atoms with van der Waals surface area (Å²) in [6.07, 6.45) is 1.55. The summed E-state index contributed by atoms with van der Waals surface area (Å²) in [7, 11) is 0. The van der Waals surface area contributed by atoms with Crippen molar-refractivity contribution in [2.75, 3.05) is 0 Å². The zero-order valence-electron chi connectivity index (χ0n) is 9.62. The molecule has 0 unspecified atom stereocenters. The average Bonchev–Trinajstić information content (AvgIpc) is 2.64. The van der Waals surface area contributed by atoms with Crippen LogP contribution in [0.2, 0.25) is 0 Å². The number of aryl methyl sites for hydroxylation is 1. The molecule has 16 heavy (non-hydrogen) atoms. The Morgan fingerprint density at radius 1 is 1.31 bits per heavy atom. The van der Waals surface area contributed by atoms with Crippen molar-refractivity contribution in [1.82, 2.24) is 4.98 Å². The van der Waals surface area contributed by atoms with Crippen molar-refractivity contribution in [3.8, 4) is 11.3 Å². The molecule has 0 aliphatic heterocycles. The fourth-order valence-corrected chi connectivity index (χ4v) is 1.67. The highest BCUT2D eigenvalue weighted by atomic mass is 19.1. The van der Waals surface area contributed by atoms with Crippen molar-refractivity contribution in [2.24, 2.45) is 0 Å². The molecule has 0 saturated carbocycles. The minimum absolute atomic E-state index is 0.156. The Bertz CT molecular complexity index is 502. The smallest absolute Gasteiger partial charge is 0.191 e. The van der Waals surface area contributed by atoms with E-state index >= 15 is 0 Å². The van der Waals surface area contributed by atoms with Crippen LogP contribution in [0.5, 0.6) is 0 Å². The zero-order chi connectivity index (χ0) is 11.7. The fraction of sp³-hybridized carbons (Fsp3) is 0.308. The van der Waals surface area contributed by atoms with Gasteiger partial charge in [0, 0.05) is 6.92 Å². The number of hydrogen-bond donors (Lipinski definition) is 0. The molecule has 0 aliphatic carbocycles. The van der Waals surface area contributed by atoms with E-state index in [1.54, 1.807) is 25.3 Å². The van der Waals surface area contributed by atoms with Crippen LogP contribution in [0.4, 0.5) is 4.39 Å². The van der Waals surface area contributed by atoms with Crippen LogP contribution >= 0.6 is 0 Å². The van der Waals surface area contributed by atoms with E-state index in [1.165, 1.54) is 0 Å². The van der Waals surface area contributed by atoms with Crippen LogP contribution in [-0.4, -0.2) is 4.98 Å². The summed E-state index contributed by atoms with van der Waals surface area (Å²) >= 11 is 0. The summed E-state index contributed by atoms with van der Waals surface area (Å²) in [5, 5.41) is 0. The number of halogens is 1. The number of aromatic nitrogens is 1. The predicted molar refractivity (Wildman–Crippen MR) is 60.7 cm³/mol. The second-order valence-electron chi connectivity index (χ2n) is 4.11. The Kier molecular flexibility index (Phi) is 2.77. The number of rotatable bonds is 2. The molecule has 0 amide bonds. The van der Waals surface area contributed by atoms with Gasteiger partial charge in [-0.3, -0.25) is 0 Å². The lowest BCUT2D eigenvalue weighted by atomic mass is 9.99. The first-order chi connectivity index (χ1) is 7.59. The highest BCUT2D eigenvalue weighted by molar-refractivity contribution is 5.59. The van der Waals surface area contributed by atoms with Gasteiger partial charge in [0.1, 0.15) is 5.82 Å². The van der Waals surface area contributed by atoms with E-state index < -0.39 is 0 Å². The number of oxazole rings is 1. The third-order valence-corrected chi connectivity index (χ3v) is 2.54. The molecule has 0 fully saturated rings. The Morgan fingerprint density at radius 2 is 2.06 bits per heavy atom. The van der Waals surface area contributed by atoms with Crippen LogP contribution in [-0.2, 0) is 0 Å². The molecule has 0 saturated heterocycles. The molecular weight excluding hydrogens is 205 g/mol. The highest BCUT2D eigenvalue weighted by Crippen LogP contribution is 2.28. The van der Waals surface area contributed by atoms with E-state index in [2.05, 4.69) is 4.98 Å². The summed E-state index contributed by atoms with van der Waals surface area (Å²) in [5.41, 5.74) is 1.18. The summed E-state index contributed by atoms with van der Waals surface area (Å²) in [4.78, 5) is 3.98. The van der Waals surface area contributed by atoms with Crippen molar-refractivity contribution in [2.45, 2.75) is 26.7 Å². The van der Waals surface area contributed by atoms with Gasteiger partial charge in [0.15, 0.2) is 11.7 Å². The summed E-state index contributed by atoms with van der Waals surface area (Å²) in [6.45, 7) is 5.68. The SMILES string of the molecule is Cc1ncc(-c2cccc(C(C)C)c2F)o1. The Hall–Kier alpha value is -1.64. The van der Waals surface area contributed by atoms with Crippen LogP contribution in [0.3, 0.4) is 0 Å². The van der Waals surface area contributed by atoms with Crippen LogP contribution in [0.25, 0.3) is 11.3 Å². The maximum absolute atomic E-state index is 14.1. The lowest BCUT2D eigenvalue weighted by molar-refractivity contribution is 0.526. The standard InChI is InChI=1S/C13H14FNO/c1-8(2)10-5-4-6-11(13(10)14)12-7-15-9(3)16-12/h4-8H,1-3H3. The van der Waals surface area contributed by atoms with E-state index in [4.69, 9.17) is 4.42 Å². The molecule has 0 spiro atoms. The van der Waals surface area contributed by atoms with E-state index in [9.17, 15) is 4.39 Å². The molecule has 2 aromatic rings. The van der Waals surface area contributed by atoms with Gasteiger partial charge in [0.2, 0.25) is 0 Å². The second kappa shape index (κ2) is 4.08. The molecule has 3 heteroatoms. The maximum Gasteiger partial charge on any atom is 0.191 e. The highest BCUT2D eigenvalue weighted by Gasteiger charge is 2.14. The third-order valence-electron chi connectivity index (χ3n) is 2.54. The van der Waals surface area contributed by atoms with Crippen LogP contribution in [0.1, 0.15) is 31.2 Å². The largest absolute Gasteiger partial charge is 0.441 e. The van der Waals surface area contributed by atoms with Crippen molar-refractivity contribution in [3.63, 3.8) is 0 Å². The Labute approximate surface area is 94.1 Å². The second-order valence-corrected chi connectivity index (χ2v) is 4.11. The van der Waals surface area contributed by atoms with E-state index in [0.29, 0.717) is 22.8 Å². The average molecular weight is 219 g/mol. The molecule has 0 radical (unpaired) electrons. The van der Waals surface area contributed by atoms with E-state index in [1.807, 2.05) is 19.9 Å². The van der Waals surface area contributed by atoms with Crippen LogP contribution in [0.15, 0.2) is 28.8 Å².